The summed E-state index contributed by atoms with van der Waals surface area (Å²) in [6, 6.07) is 4.48. The van der Waals surface area contributed by atoms with E-state index in [0.717, 1.165) is 29.9 Å². The predicted octanol–water partition coefficient (Wildman–Crippen LogP) is 4.22. The molecule has 1 saturated carbocycles. The van der Waals surface area contributed by atoms with Gasteiger partial charge >= 0.3 is 6.09 Å². The Morgan fingerprint density at radius 2 is 2.16 bits per heavy atom. The van der Waals surface area contributed by atoms with Gasteiger partial charge in [0.15, 0.2) is 0 Å². The summed E-state index contributed by atoms with van der Waals surface area (Å²) >= 11 is 5.73. The monoisotopic (exact) mass is 363 g/mol. The van der Waals surface area contributed by atoms with E-state index in [1.54, 1.807) is 6.07 Å². The molecule has 1 unspecified atom stereocenters. The third-order valence-electron chi connectivity index (χ3n) is 5.08. The molecule has 1 amide bonds. The molecular weight excluding hydrogens is 345 g/mol. The van der Waals surface area contributed by atoms with Gasteiger partial charge in [-0.3, -0.25) is 4.90 Å². The Hall–Kier alpha value is -2.08. The van der Waals surface area contributed by atoms with Crippen LogP contribution in [0.2, 0.25) is 5.02 Å². The normalized spacial score (nSPS) is 19.8. The highest BCUT2D eigenvalue weighted by atomic mass is 35.5. The van der Waals surface area contributed by atoms with E-state index in [1.807, 2.05) is 6.20 Å². The summed E-state index contributed by atoms with van der Waals surface area (Å²) in [6.07, 6.45) is 4.38. The van der Waals surface area contributed by atoms with Gasteiger partial charge in [0.2, 0.25) is 0 Å². The van der Waals surface area contributed by atoms with Crippen molar-refractivity contribution in [2.45, 2.75) is 44.2 Å². The van der Waals surface area contributed by atoms with Crippen LogP contribution in [0.25, 0.3) is 0 Å². The number of fused-ring (bicyclic) bond motifs is 1. The summed E-state index contributed by atoms with van der Waals surface area (Å²) in [5.74, 6) is 1.16. The van der Waals surface area contributed by atoms with E-state index in [4.69, 9.17) is 11.6 Å². The van der Waals surface area contributed by atoms with Crippen LogP contribution in [0.15, 0.2) is 24.4 Å². The lowest BCUT2D eigenvalue weighted by Crippen LogP contribution is -2.41. The molecule has 4 rings (SSSR count). The van der Waals surface area contributed by atoms with Gasteiger partial charge in [-0.25, -0.2) is 14.2 Å². The lowest BCUT2D eigenvalue weighted by molar-refractivity contribution is 0.106. The van der Waals surface area contributed by atoms with Crippen molar-refractivity contribution in [1.82, 2.24) is 14.5 Å². The molecule has 1 aliphatic carbocycles. The van der Waals surface area contributed by atoms with Gasteiger partial charge in [0.1, 0.15) is 11.6 Å². The first-order valence-electron chi connectivity index (χ1n) is 8.53. The number of aryl methyl sites for hydroxylation is 1. The van der Waals surface area contributed by atoms with Gasteiger partial charge in [0, 0.05) is 19.0 Å². The van der Waals surface area contributed by atoms with Crippen molar-refractivity contribution < 1.29 is 14.3 Å². The number of carboxylic acid groups (broad SMARTS) is 1. The van der Waals surface area contributed by atoms with Crippen LogP contribution in [0.3, 0.4) is 0 Å². The van der Waals surface area contributed by atoms with Crippen molar-refractivity contribution in [2.75, 3.05) is 6.54 Å². The number of imidazole rings is 1. The van der Waals surface area contributed by atoms with Gasteiger partial charge in [0.05, 0.1) is 23.0 Å². The maximum absolute atomic E-state index is 13.6. The molecule has 0 spiro atoms. The summed E-state index contributed by atoms with van der Waals surface area (Å²) < 4.78 is 15.8. The van der Waals surface area contributed by atoms with Gasteiger partial charge in [0.25, 0.3) is 0 Å². The summed E-state index contributed by atoms with van der Waals surface area (Å²) in [6.45, 7) is 1.11. The predicted molar refractivity (Wildman–Crippen MR) is 91.4 cm³/mol. The molecule has 2 aliphatic rings. The second-order valence-electron chi connectivity index (χ2n) is 6.75. The SMILES string of the molecule is O=C(O)N1CCn2c(cnc2C2CC2)C1CCc1ccc(Cl)c(F)c1. The smallest absolute Gasteiger partial charge is 0.407 e. The number of halogens is 2. The van der Waals surface area contributed by atoms with Gasteiger partial charge in [-0.15, -0.1) is 0 Å². The number of rotatable bonds is 4. The molecule has 1 aromatic heterocycles. The molecule has 25 heavy (non-hydrogen) atoms. The maximum atomic E-state index is 13.6. The number of hydrogen-bond acceptors (Lipinski definition) is 2. The zero-order chi connectivity index (χ0) is 17.6. The summed E-state index contributed by atoms with van der Waals surface area (Å²) in [5.41, 5.74) is 1.76. The molecule has 0 saturated heterocycles. The topological polar surface area (TPSA) is 58.4 Å². The van der Waals surface area contributed by atoms with Crippen molar-refractivity contribution >= 4 is 17.7 Å². The van der Waals surface area contributed by atoms with E-state index in [2.05, 4.69) is 9.55 Å². The Labute approximate surface area is 150 Å². The molecule has 1 atom stereocenters. The molecule has 7 heteroatoms. The fraction of sp³-hybridized carbons (Fsp3) is 0.444. The highest BCUT2D eigenvalue weighted by Gasteiger charge is 2.36. The molecule has 1 aliphatic heterocycles. The molecular formula is C18H19ClFN3O2. The van der Waals surface area contributed by atoms with Gasteiger partial charge in [-0.1, -0.05) is 17.7 Å². The highest BCUT2D eigenvalue weighted by Crippen LogP contribution is 2.42. The number of aromatic nitrogens is 2. The maximum Gasteiger partial charge on any atom is 0.407 e. The Bertz CT molecular complexity index is 819. The molecule has 0 radical (unpaired) electrons. The van der Waals surface area contributed by atoms with E-state index in [-0.39, 0.29) is 11.1 Å². The molecule has 1 aromatic carbocycles. The number of nitrogens with zero attached hydrogens (tertiary/aromatic N) is 3. The average molecular weight is 364 g/mol. The van der Waals surface area contributed by atoms with Crippen molar-refractivity contribution in [3.05, 3.63) is 52.3 Å². The average Bonchev–Trinajstić information content (AvgIpc) is 3.34. The van der Waals surface area contributed by atoms with Crippen molar-refractivity contribution in [2.24, 2.45) is 0 Å². The fourth-order valence-electron chi connectivity index (χ4n) is 3.64. The van der Waals surface area contributed by atoms with E-state index in [1.165, 1.54) is 17.0 Å². The van der Waals surface area contributed by atoms with E-state index in [9.17, 15) is 14.3 Å². The van der Waals surface area contributed by atoms with E-state index >= 15 is 0 Å². The first-order valence-corrected chi connectivity index (χ1v) is 8.91. The van der Waals surface area contributed by atoms with Crippen LogP contribution in [0, 0.1) is 5.82 Å². The first kappa shape index (κ1) is 16.4. The number of amides is 1. The molecule has 5 nitrogen and oxygen atoms in total. The Morgan fingerprint density at radius 3 is 2.84 bits per heavy atom. The summed E-state index contributed by atoms with van der Waals surface area (Å²) in [7, 11) is 0. The summed E-state index contributed by atoms with van der Waals surface area (Å²) in [5, 5.41) is 9.66. The Kier molecular flexibility index (Phi) is 4.15. The van der Waals surface area contributed by atoms with Gasteiger partial charge in [-0.2, -0.15) is 0 Å². The van der Waals surface area contributed by atoms with Crippen molar-refractivity contribution in [1.29, 1.82) is 0 Å². The van der Waals surface area contributed by atoms with Crippen LogP contribution in [0.5, 0.6) is 0 Å². The molecule has 132 valence electrons. The minimum atomic E-state index is -0.923. The number of hydrogen-bond donors (Lipinski definition) is 1. The Morgan fingerprint density at radius 1 is 1.36 bits per heavy atom. The van der Waals surface area contributed by atoms with E-state index < -0.39 is 11.9 Å². The van der Waals surface area contributed by atoms with E-state index in [0.29, 0.717) is 31.8 Å². The van der Waals surface area contributed by atoms with Crippen LogP contribution in [-0.2, 0) is 13.0 Å². The lowest BCUT2D eigenvalue weighted by atomic mass is 10.0. The molecule has 2 heterocycles. The molecule has 2 aromatic rings. The number of carbonyl (C=O) groups is 1. The third-order valence-corrected chi connectivity index (χ3v) is 5.38. The zero-order valence-electron chi connectivity index (χ0n) is 13.7. The van der Waals surface area contributed by atoms with Crippen LogP contribution >= 0.6 is 11.6 Å². The molecule has 1 N–H and O–H groups in total. The number of benzene rings is 1. The largest absolute Gasteiger partial charge is 0.465 e. The van der Waals surface area contributed by atoms with Crippen molar-refractivity contribution in [3.63, 3.8) is 0 Å². The van der Waals surface area contributed by atoms with Crippen LogP contribution in [0.1, 0.15) is 48.3 Å². The molecule has 1 fully saturated rings. The lowest BCUT2D eigenvalue weighted by Gasteiger charge is -2.35. The third kappa shape index (κ3) is 3.11. The van der Waals surface area contributed by atoms with Crippen LogP contribution in [-0.4, -0.2) is 32.2 Å². The van der Waals surface area contributed by atoms with Gasteiger partial charge < -0.3 is 9.67 Å². The second-order valence-corrected chi connectivity index (χ2v) is 7.15. The minimum absolute atomic E-state index is 0.0979. The van der Waals surface area contributed by atoms with Crippen LogP contribution < -0.4 is 0 Å². The zero-order valence-corrected chi connectivity index (χ0v) is 14.4. The highest BCUT2D eigenvalue weighted by molar-refractivity contribution is 6.30. The fourth-order valence-corrected chi connectivity index (χ4v) is 3.75. The quantitative estimate of drug-likeness (QED) is 0.884. The standard InChI is InChI=1S/C18H19ClFN3O2/c19-13-5-1-11(9-14(13)20)2-6-15-16-10-21-17(12-3-4-12)22(16)7-8-23(15)18(24)25/h1,5,9-10,12,15H,2-4,6-8H2,(H,24,25). The first-order chi connectivity index (χ1) is 12.0. The van der Waals surface area contributed by atoms with Gasteiger partial charge in [-0.05, 0) is 43.4 Å². The van der Waals surface area contributed by atoms with Crippen molar-refractivity contribution in [3.8, 4) is 0 Å². The second kappa shape index (κ2) is 6.33. The Balaban J connectivity index is 1.58. The molecule has 0 bridgehead atoms. The minimum Gasteiger partial charge on any atom is -0.465 e. The summed E-state index contributed by atoms with van der Waals surface area (Å²) in [4.78, 5) is 17.7. The van der Waals surface area contributed by atoms with Crippen LogP contribution in [0.4, 0.5) is 9.18 Å².